The van der Waals surface area contributed by atoms with Gasteiger partial charge in [0.25, 0.3) is 10.0 Å². The second-order valence-electron chi connectivity index (χ2n) is 8.71. The van der Waals surface area contributed by atoms with E-state index in [1.807, 2.05) is 4.72 Å². The summed E-state index contributed by atoms with van der Waals surface area (Å²) in [4.78, 5) is 15.3. The highest BCUT2D eigenvalue weighted by Crippen LogP contribution is 2.28. The van der Waals surface area contributed by atoms with Crippen LogP contribution in [0.5, 0.6) is 0 Å². The first-order valence-corrected chi connectivity index (χ1v) is 12.2. The molecule has 186 valence electrons. The molecule has 0 radical (unpaired) electrons. The van der Waals surface area contributed by atoms with Crippen molar-refractivity contribution in [1.29, 1.82) is 0 Å². The minimum atomic E-state index is -4.50. The van der Waals surface area contributed by atoms with Gasteiger partial charge in [0.15, 0.2) is 5.58 Å². The van der Waals surface area contributed by atoms with Crippen molar-refractivity contribution in [3.63, 3.8) is 0 Å². The molecule has 0 aliphatic rings. The minimum Gasteiger partial charge on any atom is -0.408 e. The Bertz CT molecular complexity index is 1690. The van der Waals surface area contributed by atoms with Gasteiger partial charge in [0.2, 0.25) is 5.95 Å². The quantitative estimate of drug-likeness (QED) is 0.310. The van der Waals surface area contributed by atoms with E-state index in [1.54, 1.807) is 45.0 Å². The van der Waals surface area contributed by atoms with Crippen LogP contribution in [0.15, 0.2) is 68.7 Å². The van der Waals surface area contributed by atoms with Gasteiger partial charge >= 0.3 is 5.76 Å². The van der Waals surface area contributed by atoms with Crippen LogP contribution >= 0.6 is 0 Å². The number of nitrogens with zero attached hydrogens (tertiary/aromatic N) is 2. The molecule has 2 aromatic carbocycles. The van der Waals surface area contributed by atoms with Crippen molar-refractivity contribution < 1.29 is 21.6 Å². The Balaban J connectivity index is 1.74. The molecule has 0 aliphatic heterocycles. The Kier molecular flexibility index (Phi) is 6.43. The molecule has 8 nitrogen and oxygen atoms in total. The highest BCUT2D eigenvalue weighted by Gasteiger charge is 2.25. The summed E-state index contributed by atoms with van der Waals surface area (Å²) in [6.07, 6.45) is 0. The van der Waals surface area contributed by atoms with Crippen LogP contribution in [0.1, 0.15) is 37.9 Å². The Hall–Kier alpha value is -4.01. The lowest BCUT2D eigenvalue weighted by atomic mass is 10.0. The van der Waals surface area contributed by atoms with Crippen LogP contribution in [-0.2, 0) is 10.0 Å². The van der Waals surface area contributed by atoms with Crippen LogP contribution in [0.25, 0.3) is 11.1 Å². The topological polar surface area (TPSA) is 120 Å². The number of nitrogens with two attached hydrogens (primary N) is 1. The van der Waals surface area contributed by atoms with Crippen LogP contribution in [0.4, 0.5) is 14.6 Å². The van der Waals surface area contributed by atoms with Crippen molar-refractivity contribution in [3.8, 4) is 11.8 Å². The lowest BCUT2D eigenvalue weighted by Crippen LogP contribution is -2.29. The van der Waals surface area contributed by atoms with Gasteiger partial charge in [-0.05, 0) is 50.6 Å². The van der Waals surface area contributed by atoms with Crippen LogP contribution in [0.3, 0.4) is 0 Å². The van der Waals surface area contributed by atoms with Gasteiger partial charge in [-0.15, -0.1) is 0 Å². The van der Waals surface area contributed by atoms with Gasteiger partial charge in [0.1, 0.15) is 16.5 Å². The molecule has 11 heteroatoms. The molecule has 0 saturated heterocycles. The van der Waals surface area contributed by atoms with E-state index >= 15 is 4.39 Å². The van der Waals surface area contributed by atoms with E-state index in [2.05, 4.69) is 16.8 Å². The molecular weight excluding hydrogens is 490 g/mol. The Morgan fingerprint density at radius 1 is 1.14 bits per heavy atom. The van der Waals surface area contributed by atoms with Crippen LogP contribution in [-0.4, -0.2) is 23.5 Å². The molecule has 2 heterocycles. The first kappa shape index (κ1) is 25.1. The predicted molar refractivity (Wildman–Crippen MR) is 131 cm³/mol. The van der Waals surface area contributed by atoms with E-state index in [4.69, 9.17) is 10.2 Å². The number of anilines is 1. The third-order valence-corrected chi connectivity index (χ3v) is 6.57. The summed E-state index contributed by atoms with van der Waals surface area (Å²) in [5.41, 5.74) is 6.52. The molecule has 36 heavy (non-hydrogen) atoms. The van der Waals surface area contributed by atoms with Crippen molar-refractivity contribution >= 4 is 26.9 Å². The Morgan fingerprint density at radius 3 is 2.56 bits per heavy atom. The summed E-state index contributed by atoms with van der Waals surface area (Å²) in [7, 11) is -4.50. The molecule has 0 saturated carbocycles. The largest absolute Gasteiger partial charge is 0.420 e. The molecule has 0 spiro atoms. The van der Waals surface area contributed by atoms with E-state index in [0.717, 1.165) is 18.2 Å². The maximum Gasteiger partial charge on any atom is 0.420 e. The lowest BCUT2D eigenvalue weighted by molar-refractivity contribution is 0.489. The molecule has 0 fully saturated rings. The summed E-state index contributed by atoms with van der Waals surface area (Å²) in [6.45, 7) is 5.27. The predicted octanol–water partition coefficient (Wildman–Crippen LogP) is 3.77. The zero-order chi connectivity index (χ0) is 26.3. The normalized spacial score (nSPS) is 12.7. The van der Waals surface area contributed by atoms with E-state index < -0.39 is 44.0 Å². The highest BCUT2D eigenvalue weighted by atomic mass is 32.2. The molecule has 0 unspecified atom stereocenters. The lowest BCUT2D eigenvalue weighted by Gasteiger charge is -2.14. The fourth-order valence-electron chi connectivity index (χ4n) is 3.52. The SMILES string of the molecule is C[C@H](c1cccc(C#CC(C)(C)N)c1)n1c(=O)oc2cc(S(=O)(=O)Nc3cccc(F)n3)c(F)cc21. The van der Waals surface area contributed by atoms with Crippen LogP contribution in [0, 0.1) is 23.6 Å². The summed E-state index contributed by atoms with van der Waals surface area (Å²) >= 11 is 0. The molecular formula is C25H22F2N4O4S. The fourth-order valence-corrected chi connectivity index (χ4v) is 4.60. The molecule has 2 aromatic heterocycles. The van der Waals surface area contributed by atoms with Gasteiger partial charge in [-0.25, -0.2) is 22.6 Å². The monoisotopic (exact) mass is 512 g/mol. The number of aromatic nitrogens is 2. The van der Waals surface area contributed by atoms with Crippen LogP contribution in [0.2, 0.25) is 0 Å². The number of benzene rings is 2. The number of oxazole rings is 1. The summed E-state index contributed by atoms with van der Waals surface area (Å²) in [5, 5.41) is 0. The fraction of sp³-hybridized carbons (Fsp3) is 0.200. The standard InChI is InChI=1S/C25H22F2N4O4S/c1-15(17-7-4-6-16(12-17)10-11-25(2,3)28)31-19-13-18(26)21(14-20(19)35-24(31)32)36(33,34)30-23-9-5-8-22(27)29-23/h4-9,12-15H,28H2,1-3H3,(H,29,30)/t15-/m1/s1. The van der Waals surface area contributed by atoms with E-state index in [9.17, 15) is 17.6 Å². The van der Waals surface area contributed by atoms with Gasteiger partial charge in [0.05, 0.1) is 17.1 Å². The first-order valence-electron chi connectivity index (χ1n) is 10.8. The molecule has 0 amide bonds. The molecule has 0 bridgehead atoms. The van der Waals surface area contributed by atoms with Gasteiger partial charge in [-0.1, -0.05) is 30.0 Å². The van der Waals surface area contributed by atoms with Crippen molar-refractivity contribution in [1.82, 2.24) is 9.55 Å². The van der Waals surface area contributed by atoms with E-state index in [1.165, 1.54) is 16.7 Å². The third-order valence-electron chi connectivity index (χ3n) is 5.20. The average Bonchev–Trinajstić information content (AvgIpc) is 3.10. The van der Waals surface area contributed by atoms with Crippen molar-refractivity contribution in [2.45, 2.75) is 37.2 Å². The summed E-state index contributed by atoms with van der Waals surface area (Å²) < 4.78 is 62.3. The number of pyridine rings is 1. The number of rotatable bonds is 5. The van der Waals surface area contributed by atoms with E-state index in [0.29, 0.717) is 11.1 Å². The Labute approximate surface area is 205 Å². The molecule has 3 N–H and O–H groups in total. The first-order chi connectivity index (χ1) is 16.8. The maximum absolute atomic E-state index is 15.0. The maximum atomic E-state index is 15.0. The van der Waals surface area contributed by atoms with E-state index in [-0.39, 0.29) is 16.9 Å². The van der Waals surface area contributed by atoms with Gasteiger partial charge < -0.3 is 10.2 Å². The zero-order valence-electron chi connectivity index (χ0n) is 19.5. The second-order valence-corrected chi connectivity index (χ2v) is 10.4. The Morgan fingerprint density at radius 2 is 1.86 bits per heavy atom. The number of nitrogens with one attached hydrogen (secondary N) is 1. The molecule has 4 aromatic rings. The zero-order valence-corrected chi connectivity index (χ0v) is 20.4. The minimum absolute atomic E-state index is 0.0624. The van der Waals surface area contributed by atoms with Crippen LogP contribution < -0.4 is 16.2 Å². The number of hydrogen-bond acceptors (Lipinski definition) is 6. The summed E-state index contributed by atoms with van der Waals surface area (Å²) in [6, 6.07) is 11.8. The third kappa shape index (κ3) is 5.30. The van der Waals surface area contributed by atoms with Gasteiger partial charge in [-0.3, -0.25) is 9.29 Å². The van der Waals surface area contributed by atoms with Gasteiger partial charge in [0, 0.05) is 17.7 Å². The number of sulfonamides is 1. The van der Waals surface area contributed by atoms with Crippen molar-refractivity contribution in [2.75, 3.05) is 4.72 Å². The highest BCUT2D eigenvalue weighted by molar-refractivity contribution is 7.92. The average molecular weight is 513 g/mol. The second kappa shape index (κ2) is 9.22. The smallest absolute Gasteiger partial charge is 0.408 e. The van der Waals surface area contributed by atoms with Crippen molar-refractivity contribution in [2.24, 2.45) is 5.73 Å². The molecule has 1 atom stereocenters. The number of hydrogen-bond donors (Lipinski definition) is 2. The number of fused-ring (bicyclic) bond motifs is 1. The number of halogens is 2. The van der Waals surface area contributed by atoms with Crippen molar-refractivity contribution in [3.05, 3.63) is 88.0 Å². The summed E-state index contributed by atoms with van der Waals surface area (Å²) in [5.74, 6) is 2.75. The molecule has 0 aliphatic carbocycles. The molecule has 4 rings (SSSR count). The van der Waals surface area contributed by atoms with Gasteiger partial charge in [-0.2, -0.15) is 4.39 Å².